The molecule has 0 radical (unpaired) electrons. The van der Waals surface area contributed by atoms with E-state index in [0.717, 1.165) is 4.90 Å². The third-order valence-electron chi connectivity index (χ3n) is 4.98. The van der Waals surface area contributed by atoms with Crippen LogP contribution in [-0.2, 0) is 19.6 Å². The number of ether oxygens (including phenoxy) is 1. The van der Waals surface area contributed by atoms with Gasteiger partial charge in [-0.3, -0.25) is 19.3 Å². The molecule has 11 heteroatoms. The van der Waals surface area contributed by atoms with Gasteiger partial charge < -0.3 is 10.1 Å². The van der Waals surface area contributed by atoms with Crippen LogP contribution in [0.25, 0.3) is 0 Å². The Bertz CT molecular complexity index is 1140. The number of imide groups is 1. The molecule has 31 heavy (non-hydrogen) atoms. The van der Waals surface area contributed by atoms with Crippen LogP contribution in [0.5, 0.6) is 0 Å². The van der Waals surface area contributed by atoms with Gasteiger partial charge in [0.15, 0.2) is 0 Å². The normalized spacial score (nSPS) is 17.0. The van der Waals surface area contributed by atoms with Crippen LogP contribution in [0.2, 0.25) is 5.02 Å². The molecule has 0 aromatic heterocycles. The maximum atomic E-state index is 12.9. The van der Waals surface area contributed by atoms with Gasteiger partial charge in [0, 0.05) is 18.8 Å². The Morgan fingerprint density at radius 3 is 2.26 bits per heavy atom. The molecule has 0 saturated carbocycles. The Hall–Kier alpha value is -2.79. The first kappa shape index (κ1) is 21.4. The molecular weight excluding hydrogens is 446 g/mol. The van der Waals surface area contributed by atoms with Crippen molar-refractivity contribution in [1.29, 1.82) is 0 Å². The molecule has 1 N–H and O–H groups in total. The van der Waals surface area contributed by atoms with E-state index in [1.54, 1.807) is 12.1 Å². The fourth-order valence-corrected chi connectivity index (χ4v) is 5.34. The number of nitrogens with zero attached hydrogens (tertiary/aromatic N) is 2. The van der Waals surface area contributed by atoms with Crippen molar-refractivity contribution >= 4 is 45.0 Å². The molecule has 9 nitrogen and oxygen atoms in total. The Kier molecular flexibility index (Phi) is 5.80. The number of nitrogens with one attached hydrogen (secondary N) is 1. The summed E-state index contributed by atoms with van der Waals surface area (Å²) in [7, 11) is -3.88. The van der Waals surface area contributed by atoms with Crippen LogP contribution in [0, 0.1) is 0 Å². The molecule has 4 rings (SSSR count). The largest absolute Gasteiger partial charge is 0.379 e. The lowest BCUT2D eigenvalue weighted by atomic mass is 10.1. The summed E-state index contributed by atoms with van der Waals surface area (Å²) in [4.78, 5) is 38.0. The minimum atomic E-state index is -3.88. The van der Waals surface area contributed by atoms with Crippen molar-refractivity contribution in [3.8, 4) is 0 Å². The topological polar surface area (TPSA) is 113 Å². The Morgan fingerprint density at radius 1 is 1.03 bits per heavy atom. The molecule has 2 aliphatic heterocycles. The molecule has 2 aromatic rings. The molecule has 2 aromatic carbocycles. The number of carbonyl (C=O) groups is 3. The van der Waals surface area contributed by atoms with Gasteiger partial charge in [0.2, 0.25) is 15.9 Å². The van der Waals surface area contributed by atoms with Gasteiger partial charge in [-0.25, -0.2) is 8.42 Å². The highest BCUT2D eigenvalue weighted by molar-refractivity contribution is 7.89. The van der Waals surface area contributed by atoms with E-state index in [0.29, 0.717) is 0 Å². The monoisotopic (exact) mass is 463 g/mol. The van der Waals surface area contributed by atoms with E-state index in [1.807, 2.05) is 0 Å². The van der Waals surface area contributed by atoms with Gasteiger partial charge in [-0.2, -0.15) is 4.31 Å². The van der Waals surface area contributed by atoms with Crippen molar-refractivity contribution in [2.45, 2.75) is 4.90 Å². The number of hydrogen-bond donors (Lipinski definition) is 1. The third-order valence-corrected chi connectivity index (χ3v) is 7.36. The van der Waals surface area contributed by atoms with Crippen molar-refractivity contribution in [2.24, 2.45) is 0 Å². The molecule has 1 saturated heterocycles. The number of sulfonamides is 1. The van der Waals surface area contributed by atoms with E-state index in [-0.39, 0.29) is 53.0 Å². The molecule has 0 aliphatic carbocycles. The predicted octanol–water partition coefficient (Wildman–Crippen LogP) is 1.60. The summed E-state index contributed by atoms with van der Waals surface area (Å²) < 4.78 is 32.3. The van der Waals surface area contributed by atoms with Gasteiger partial charge in [-0.15, -0.1) is 0 Å². The summed E-state index contributed by atoms with van der Waals surface area (Å²) in [6.45, 7) is 0.478. The number of benzene rings is 2. The lowest BCUT2D eigenvalue weighted by molar-refractivity contribution is -0.116. The van der Waals surface area contributed by atoms with Crippen LogP contribution in [0.4, 0.5) is 5.69 Å². The zero-order chi connectivity index (χ0) is 22.2. The van der Waals surface area contributed by atoms with Gasteiger partial charge in [0.25, 0.3) is 11.8 Å². The first-order chi connectivity index (χ1) is 14.8. The lowest BCUT2D eigenvalue weighted by Crippen LogP contribution is -2.40. The zero-order valence-electron chi connectivity index (χ0n) is 16.2. The molecule has 0 bridgehead atoms. The van der Waals surface area contributed by atoms with Crippen molar-refractivity contribution in [2.75, 3.05) is 38.2 Å². The van der Waals surface area contributed by atoms with Crippen LogP contribution in [0.3, 0.4) is 0 Å². The van der Waals surface area contributed by atoms with Crippen LogP contribution in [-0.4, -0.2) is 68.2 Å². The zero-order valence-corrected chi connectivity index (χ0v) is 17.8. The second kappa shape index (κ2) is 8.39. The fourth-order valence-electron chi connectivity index (χ4n) is 3.43. The molecule has 3 amide bonds. The molecule has 0 atom stereocenters. The molecule has 2 heterocycles. The van der Waals surface area contributed by atoms with Crippen LogP contribution < -0.4 is 5.32 Å². The van der Waals surface area contributed by atoms with Crippen molar-refractivity contribution < 1.29 is 27.5 Å². The van der Waals surface area contributed by atoms with E-state index in [2.05, 4.69) is 5.32 Å². The van der Waals surface area contributed by atoms with Gasteiger partial charge in [-0.1, -0.05) is 23.7 Å². The summed E-state index contributed by atoms with van der Waals surface area (Å²) >= 11 is 6.12. The van der Waals surface area contributed by atoms with Gasteiger partial charge >= 0.3 is 0 Å². The van der Waals surface area contributed by atoms with Gasteiger partial charge in [0.1, 0.15) is 11.4 Å². The first-order valence-corrected chi connectivity index (χ1v) is 11.2. The number of fused-ring (bicyclic) bond motifs is 1. The summed E-state index contributed by atoms with van der Waals surface area (Å²) in [6.07, 6.45) is 0. The standard InChI is InChI=1S/C20H18ClN3O6S/c21-16-6-5-13(11-17(16)31(28,29)23-7-9-30-10-8-23)22-18(25)12-24-19(26)14-3-1-2-4-15(14)20(24)27/h1-6,11H,7-10,12H2,(H,22,25). The second-order valence-electron chi connectivity index (χ2n) is 6.95. The number of morpholine rings is 1. The summed E-state index contributed by atoms with van der Waals surface area (Å²) in [6, 6.07) is 10.4. The molecular formula is C20H18ClN3O6S. The average Bonchev–Trinajstić information content (AvgIpc) is 3.00. The summed E-state index contributed by atoms with van der Waals surface area (Å²) in [5.41, 5.74) is 0.661. The number of hydrogen-bond acceptors (Lipinski definition) is 6. The van der Waals surface area contributed by atoms with E-state index in [9.17, 15) is 22.8 Å². The Balaban J connectivity index is 1.50. The minimum absolute atomic E-state index is 0.0184. The Morgan fingerprint density at radius 2 is 1.65 bits per heavy atom. The first-order valence-electron chi connectivity index (χ1n) is 9.41. The van der Waals surface area contributed by atoms with Crippen molar-refractivity contribution in [3.63, 3.8) is 0 Å². The van der Waals surface area contributed by atoms with E-state index in [1.165, 1.54) is 34.6 Å². The molecule has 0 spiro atoms. The molecule has 162 valence electrons. The van der Waals surface area contributed by atoms with Crippen LogP contribution in [0.15, 0.2) is 47.4 Å². The summed E-state index contributed by atoms with van der Waals surface area (Å²) in [5, 5.41) is 2.55. The van der Waals surface area contributed by atoms with Gasteiger partial charge in [0.05, 0.1) is 29.4 Å². The number of halogens is 1. The maximum Gasteiger partial charge on any atom is 0.262 e. The number of anilines is 1. The predicted molar refractivity (Wildman–Crippen MR) is 111 cm³/mol. The smallest absolute Gasteiger partial charge is 0.262 e. The van der Waals surface area contributed by atoms with Crippen LogP contribution >= 0.6 is 11.6 Å². The highest BCUT2D eigenvalue weighted by Gasteiger charge is 2.36. The third kappa shape index (κ3) is 4.07. The van der Waals surface area contributed by atoms with E-state index < -0.39 is 34.3 Å². The lowest BCUT2D eigenvalue weighted by Gasteiger charge is -2.26. The molecule has 1 fully saturated rings. The molecule has 0 unspecified atom stereocenters. The minimum Gasteiger partial charge on any atom is -0.379 e. The number of rotatable bonds is 5. The van der Waals surface area contributed by atoms with E-state index in [4.69, 9.17) is 16.3 Å². The number of carbonyl (C=O) groups excluding carboxylic acids is 3. The van der Waals surface area contributed by atoms with E-state index >= 15 is 0 Å². The highest BCUT2D eigenvalue weighted by Crippen LogP contribution is 2.28. The average molecular weight is 464 g/mol. The Labute approximate surface area is 183 Å². The number of amides is 3. The summed E-state index contributed by atoms with van der Waals surface area (Å²) in [5.74, 6) is -1.75. The molecule has 2 aliphatic rings. The maximum absolute atomic E-state index is 12.9. The quantitative estimate of drug-likeness (QED) is 0.674. The van der Waals surface area contributed by atoms with Gasteiger partial charge in [-0.05, 0) is 30.3 Å². The highest BCUT2D eigenvalue weighted by atomic mass is 35.5. The second-order valence-corrected chi connectivity index (χ2v) is 9.27. The fraction of sp³-hybridized carbons (Fsp3) is 0.250. The SMILES string of the molecule is O=C(CN1C(=O)c2ccccc2C1=O)Nc1ccc(Cl)c(S(=O)(=O)N2CCOCC2)c1. The van der Waals surface area contributed by atoms with Crippen molar-refractivity contribution in [1.82, 2.24) is 9.21 Å². The van der Waals surface area contributed by atoms with Crippen LogP contribution in [0.1, 0.15) is 20.7 Å². The van der Waals surface area contributed by atoms with Crippen molar-refractivity contribution in [3.05, 3.63) is 58.6 Å².